The summed E-state index contributed by atoms with van der Waals surface area (Å²) in [5.41, 5.74) is 0. The summed E-state index contributed by atoms with van der Waals surface area (Å²) in [6.45, 7) is 2.94. The van der Waals surface area contributed by atoms with Crippen LogP contribution in [-0.2, 0) is 0 Å². The van der Waals surface area contributed by atoms with Gasteiger partial charge >= 0.3 is 0 Å². The minimum Gasteiger partial charge on any atom is -0.393 e. The van der Waals surface area contributed by atoms with Crippen molar-refractivity contribution in [1.82, 2.24) is 5.32 Å². The summed E-state index contributed by atoms with van der Waals surface area (Å²) in [5.74, 6) is -0.0775. The molecule has 1 heterocycles. The average molecular weight is 131 g/mol. The normalized spacial score (nSPS) is 51.6. The molecule has 1 aliphatic heterocycles. The Labute approximate surface area is 59.1 Å². The van der Waals surface area contributed by atoms with Gasteiger partial charge in [-0.15, -0.1) is 0 Å². The summed E-state index contributed by atoms with van der Waals surface area (Å²) in [6.07, 6.45) is -1.29. The van der Waals surface area contributed by atoms with Crippen LogP contribution in [0.4, 0.5) is 0 Å². The molecule has 1 saturated heterocycles. The lowest BCUT2D eigenvalue weighted by atomic mass is 9.95. The molecule has 1 fully saturated rings. The predicted octanol–water partition coefficient (Wildman–Crippen LogP) is 0.367. The molecule has 2 nitrogen and oxygen atoms in total. The highest BCUT2D eigenvalue weighted by Gasteiger charge is 2.16. The third-order valence-corrected chi connectivity index (χ3v) is 1.65. The molecule has 9 heavy (non-hydrogen) atoms. The first-order valence-electron chi connectivity index (χ1n) is 4.51. The zero-order valence-corrected chi connectivity index (χ0v) is 5.67. The zero-order valence-electron chi connectivity index (χ0n) is 7.67. The highest BCUT2D eigenvalue weighted by molar-refractivity contribution is 4.72. The van der Waals surface area contributed by atoms with E-state index < -0.39 is 12.5 Å². The van der Waals surface area contributed by atoms with E-state index in [1.54, 1.807) is 6.92 Å². The molecular formula is C7H15NO. The van der Waals surface area contributed by atoms with Crippen LogP contribution >= 0.6 is 0 Å². The first kappa shape index (κ1) is 4.69. The predicted molar refractivity (Wildman–Crippen MR) is 37.3 cm³/mol. The van der Waals surface area contributed by atoms with Crippen molar-refractivity contribution < 1.29 is 7.85 Å². The van der Waals surface area contributed by atoms with Gasteiger partial charge in [0.1, 0.15) is 0 Å². The summed E-state index contributed by atoms with van der Waals surface area (Å²) >= 11 is 0. The minimum absolute atomic E-state index is 0.0775. The van der Waals surface area contributed by atoms with Crippen molar-refractivity contribution in [2.75, 3.05) is 13.1 Å². The molecule has 0 spiro atoms. The number of aliphatic hydroxyl groups excluding tert-OH is 1. The van der Waals surface area contributed by atoms with Crippen LogP contribution in [0.2, 0.25) is 0 Å². The van der Waals surface area contributed by atoms with E-state index in [0.717, 1.165) is 0 Å². The number of aliphatic hydroxyl groups is 1. The maximum atomic E-state index is 9.22. The second-order valence-electron chi connectivity index (χ2n) is 2.49. The van der Waals surface area contributed by atoms with Crippen molar-refractivity contribution >= 4 is 0 Å². The van der Waals surface area contributed by atoms with Gasteiger partial charge in [0.05, 0.1) is 6.10 Å². The maximum Gasteiger partial charge on any atom is 0.0552 e. The first-order chi connectivity index (χ1) is 5.13. The van der Waals surface area contributed by atoms with Crippen LogP contribution in [0.1, 0.15) is 22.5 Å². The largest absolute Gasteiger partial charge is 0.393 e. The molecule has 1 rings (SSSR count). The number of piperidine rings is 1. The van der Waals surface area contributed by atoms with Gasteiger partial charge in [-0.2, -0.15) is 0 Å². The molecule has 1 aliphatic rings. The van der Waals surface area contributed by atoms with Crippen LogP contribution in [-0.4, -0.2) is 24.3 Å². The van der Waals surface area contributed by atoms with Crippen molar-refractivity contribution in [3.05, 3.63) is 0 Å². The summed E-state index contributed by atoms with van der Waals surface area (Å²) in [5, 5.41) is 12.3. The lowest BCUT2D eigenvalue weighted by Crippen LogP contribution is -2.35. The second kappa shape index (κ2) is 3.18. The molecule has 0 aromatic rings. The Morgan fingerprint density at radius 3 is 3.22 bits per heavy atom. The fourth-order valence-electron chi connectivity index (χ4n) is 0.976. The summed E-state index contributed by atoms with van der Waals surface area (Å²) in [6, 6.07) is 0. The first-order valence-corrected chi connectivity index (χ1v) is 3.36. The van der Waals surface area contributed by atoms with E-state index in [4.69, 9.17) is 2.74 Å². The Hall–Kier alpha value is -0.0800. The van der Waals surface area contributed by atoms with Crippen molar-refractivity contribution in [2.45, 2.75) is 25.8 Å². The van der Waals surface area contributed by atoms with Crippen molar-refractivity contribution in [1.29, 1.82) is 0 Å². The Kier molecular flexibility index (Phi) is 1.66. The fraction of sp³-hybridized carbons (Fsp3) is 1.00. The number of rotatable bonds is 1. The van der Waals surface area contributed by atoms with E-state index in [1.165, 1.54) is 0 Å². The third kappa shape index (κ3) is 1.95. The number of hydrogen-bond donors (Lipinski definition) is 2. The van der Waals surface area contributed by atoms with Crippen LogP contribution in [0.5, 0.6) is 0 Å². The standard InChI is InChI=1S/C7H15NO/c1-6(9)7-3-2-4-8-5-7/h6-9H,2-5H2,1H3/t6?,7-/m1/s1/i2D,3D/t2-,3+,6?,7-. The molecule has 2 N–H and O–H groups in total. The van der Waals surface area contributed by atoms with Crippen molar-refractivity contribution in [2.24, 2.45) is 5.92 Å². The molecule has 0 saturated carbocycles. The van der Waals surface area contributed by atoms with Crippen LogP contribution in [0.15, 0.2) is 0 Å². The quantitative estimate of drug-likeness (QED) is 0.539. The number of nitrogens with one attached hydrogen (secondary N) is 1. The average Bonchev–Trinajstić information content (AvgIpc) is 1.94. The topological polar surface area (TPSA) is 32.3 Å². The van der Waals surface area contributed by atoms with Gasteiger partial charge in [0, 0.05) is 9.29 Å². The molecule has 54 valence electrons. The van der Waals surface area contributed by atoms with Crippen LogP contribution < -0.4 is 5.32 Å². The van der Waals surface area contributed by atoms with Crippen LogP contribution in [0, 0.1) is 5.92 Å². The molecule has 0 amide bonds. The van der Waals surface area contributed by atoms with Gasteiger partial charge in [-0.25, -0.2) is 0 Å². The monoisotopic (exact) mass is 131 g/mol. The smallest absolute Gasteiger partial charge is 0.0552 e. The van der Waals surface area contributed by atoms with E-state index in [1.807, 2.05) is 0 Å². The molecule has 0 radical (unpaired) electrons. The minimum atomic E-state index is -0.474. The molecule has 2 heteroatoms. The molecule has 0 aromatic heterocycles. The van der Waals surface area contributed by atoms with Gasteiger partial charge in [-0.3, -0.25) is 0 Å². The second-order valence-corrected chi connectivity index (χ2v) is 2.49. The van der Waals surface area contributed by atoms with Crippen LogP contribution in [0.3, 0.4) is 0 Å². The number of hydrogen-bond acceptors (Lipinski definition) is 2. The van der Waals surface area contributed by atoms with E-state index in [-0.39, 0.29) is 12.3 Å². The van der Waals surface area contributed by atoms with E-state index in [0.29, 0.717) is 13.1 Å². The van der Waals surface area contributed by atoms with Gasteiger partial charge in [0.25, 0.3) is 0 Å². The van der Waals surface area contributed by atoms with E-state index in [9.17, 15) is 5.11 Å². The van der Waals surface area contributed by atoms with Gasteiger partial charge in [0.2, 0.25) is 0 Å². The molecule has 0 bridgehead atoms. The summed E-state index contributed by atoms with van der Waals surface area (Å²) in [4.78, 5) is 0. The van der Waals surface area contributed by atoms with Gasteiger partial charge in [-0.1, -0.05) is 0 Å². The molecule has 4 atom stereocenters. The summed E-state index contributed by atoms with van der Waals surface area (Å²) in [7, 11) is 0. The maximum absolute atomic E-state index is 9.22. The highest BCUT2D eigenvalue weighted by Crippen LogP contribution is 2.13. The Bertz CT molecular complexity index is 132. The highest BCUT2D eigenvalue weighted by atomic mass is 16.3. The lowest BCUT2D eigenvalue weighted by Gasteiger charge is -2.24. The third-order valence-electron chi connectivity index (χ3n) is 1.65. The molecule has 0 aromatic carbocycles. The van der Waals surface area contributed by atoms with Gasteiger partial charge in [0.15, 0.2) is 0 Å². The summed E-state index contributed by atoms with van der Waals surface area (Å²) < 4.78 is 15.0. The molecule has 1 unspecified atom stereocenters. The molecular weight excluding hydrogens is 114 g/mol. The van der Waals surface area contributed by atoms with Crippen molar-refractivity contribution in [3.63, 3.8) is 0 Å². The van der Waals surface area contributed by atoms with E-state index in [2.05, 4.69) is 5.32 Å². The SMILES string of the molecule is [2H][C@@H]1[C@@H](C(C)O)CNC[C@@H]1[2H]. The molecule has 0 aliphatic carbocycles. The zero-order chi connectivity index (χ0) is 8.43. The Morgan fingerprint density at radius 1 is 1.89 bits per heavy atom. The van der Waals surface area contributed by atoms with Crippen LogP contribution in [0.25, 0.3) is 0 Å². The lowest BCUT2D eigenvalue weighted by molar-refractivity contribution is 0.109. The fourth-order valence-corrected chi connectivity index (χ4v) is 0.976. The Morgan fingerprint density at radius 2 is 2.67 bits per heavy atom. The van der Waals surface area contributed by atoms with Gasteiger partial charge in [-0.05, 0) is 32.2 Å². The van der Waals surface area contributed by atoms with Gasteiger partial charge < -0.3 is 10.4 Å². The Balaban J connectivity index is 2.51. The van der Waals surface area contributed by atoms with Crippen molar-refractivity contribution in [3.8, 4) is 0 Å². The van der Waals surface area contributed by atoms with E-state index >= 15 is 0 Å².